The molecule has 1 N–H and O–H groups in total. The van der Waals surface area contributed by atoms with Crippen molar-refractivity contribution in [3.05, 3.63) is 30.2 Å². The lowest BCUT2D eigenvalue weighted by atomic mass is 9.61. The number of carbonyl (C=O) groups excluding carboxylic acids is 1. The summed E-state index contributed by atoms with van der Waals surface area (Å²) < 4.78 is 41.2. The molecule has 0 atom stereocenters. The van der Waals surface area contributed by atoms with Crippen molar-refractivity contribution in [2.75, 3.05) is 38.0 Å². The third kappa shape index (κ3) is 3.71. The summed E-state index contributed by atoms with van der Waals surface area (Å²) in [5.74, 6) is 2.01. The molecule has 1 spiro atoms. The van der Waals surface area contributed by atoms with Crippen LogP contribution in [0.5, 0.6) is 0 Å². The maximum Gasteiger partial charge on any atom is 0.396 e. The Morgan fingerprint density at radius 1 is 1.03 bits per heavy atom. The van der Waals surface area contributed by atoms with Crippen LogP contribution in [0.4, 0.5) is 23.8 Å². The van der Waals surface area contributed by atoms with E-state index in [-0.39, 0.29) is 36.8 Å². The monoisotopic (exact) mass is 502 g/mol. The molecule has 9 nitrogen and oxygen atoms in total. The van der Waals surface area contributed by atoms with Crippen LogP contribution < -0.4 is 5.32 Å². The average molecular weight is 503 g/mol. The summed E-state index contributed by atoms with van der Waals surface area (Å²) in [5.41, 5.74) is -0.620. The summed E-state index contributed by atoms with van der Waals surface area (Å²) in [7, 11) is 0. The van der Waals surface area contributed by atoms with Crippen molar-refractivity contribution in [1.29, 1.82) is 0 Å². The minimum atomic E-state index is -4.19. The fourth-order valence-corrected chi connectivity index (χ4v) is 5.91. The zero-order valence-electron chi connectivity index (χ0n) is 19.9. The predicted molar refractivity (Wildman–Crippen MR) is 122 cm³/mol. The van der Waals surface area contributed by atoms with Gasteiger partial charge in [0.25, 0.3) is 0 Å². The van der Waals surface area contributed by atoms with Crippen molar-refractivity contribution >= 4 is 11.8 Å². The van der Waals surface area contributed by atoms with Gasteiger partial charge in [-0.1, -0.05) is 0 Å². The summed E-state index contributed by atoms with van der Waals surface area (Å²) in [5, 5.41) is 7.44. The van der Waals surface area contributed by atoms with E-state index in [0.29, 0.717) is 30.9 Å². The number of alkyl halides is 3. The molecule has 36 heavy (non-hydrogen) atoms. The van der Waals surface area contributed by atoms with E-state index in [9.17, 15) is 18.0 Å². The first-order valence-electron chi connectivity index (χ1n) is 12.8. The first-order valence-corrected chi connectivity index (χ1v) is 12.8. The lowest BCUT2D eigenvalue weighted by Crippen LogP contribution is -2.67. The van der Waals surface area contributed by atoms with Gasteiger partial charge in [0.05, 0.1) is 29.5 Å². The Bertz CT molecular complexity index is 1150. The molecule has 0 bridgehead atoms. The lowest BCUT2D eigenvalue weighted by Gasteiger charge is -2.59. The average Bonchev–Trinajstić information content (AvgIpc) is 3.68. The predicted octanol–water partition coefficient (Wildman–Crippen LogP) is 3.56. The van der Waals surface area contributed by atoms with Crippen LogP contribution in [0.1, 0.15) is 67.9 Å². The summed E-state index contributed by atoms with van der Waals surface area (Å²) in [6.07, 6.45) is 5.58. The van der Waals surface area contributed by atoms with E-state index in [1.807, 2.05) is 20.8 Å². The molecule has 0 unspecified atom stereocenters. The van der Waals surface area contributed by atoms with Crippen molar-refractivity contribution in [2.45, 2.75) is 62.6 Å². The van der Waals surface area contributed by atoms with Crippen LogP contribution in [0.2, 0.25) is 0 Å². The van der Waals surface area contributed by atoms with Gasteiger partial charge in [-0.2, -0.15) is 18.3 Å². The van der Waals surface area contributed by atoms with Crippen LogP contribution in [0.3, 0.4) is 0 Å². The smallest absolute Gasteiger partial charge is 0.368 e. The summed E-state index contributed by atoms with van der Waals surface area (Å²) in [4.78, 5) is 29.7. The fraction of sp³-hybridized carbons (Fsp3) is 0.708. The second-order valence-corrected chi connectivity index (χ2v) is 11.6. The van der Waals surface area contributed by atoms with Crippen LogP contribution in [-0.4, -0.2) is 79.5 Å². The van der Waals surface area contributed by atoms with E-state index in [0.717, 1.165) is 37.4 Å². The third-order valence-electron chi connectivity index (χ3n) is 8.81. The minimum absolute atomic E-state index is 0.0743. The molecule has 2 aliphatic heterocycles. The highest BCUT2D eigenvalue weighted by molar-refractivity contribution is 5.77. The maximum absolute atomic E-state index is 13.1. The van der Waals surface area contributed by atoms with Gasteiger partial charge in [0.15, 0.2) is 5.82 Å². The van der Waals surface area contributed by atoms with Crippen molar-refractivity contribution in [3.63, 3.8) is 0 Å². The van der Waals surface area contributed by atoms with Crippen molar-refractivity contribution in [1.82, 2.24) is 34.5 Å². The lowest BCUT2D eigenvalue weighted by molar-refractivity contribution is -0.182. The molecule has 7 rings (SSSR count). The second-order valence-electron chi connectivity index (χ2n) is 11.6. The Hall–Kier alpha value is -2.92. The fourth-order valence-electron chi connectivity index (χ4n) is 5.91. The molecule has 2 saturated heterocycles. The first kappa shape index (κ1) is 22.3. The number of carbonyl (C=O) groups is 1. The van der Waals surface area contributed by atoms with Crippen LogP contribution in [0.15, 0.2) is 18.7 Å². The first-order chi connectivity index (χ1) is 17.2. The van der Waals surface area contributed by atoms with Gasteiger partial charge in [0.2, 0.25) is 0 Å². The quantitative estimate of drug-likeness (QED) is 0.650. The number of rotatable bonds is 6. The van der Waals surface area contributed by atoms with Gasteiger partial charge in [0.1, 0.15) is 12.1 Å². The Morgan fingerprint density at radius 3 is 2.39 bits per heavy atom. The Balaban J connectivity index is 0.851. The number of anilines is 1. The summed E-state index contributed by atoms with van der Waals surface area (Å²) >= 11 is 0. The highest BCUT2D eigenvalue weighted by Crippen LogP contribution is 2.57. The van der Waals surface area contributed by atoms with Gasteiger partial charge in [-0.05, 0) is 38.5 Å². The topological polar surface area (TPSA) is 92.1 Å². The van der Waals surface area contributed by atoms with Gasteiger partial charge in [0, 0.05) is 50.0 Å². The summed E-state index contributed by atoms with van der Waals surface area (Å²) in [6.45, 7) is 2.61. The molecule has 12 heteroatoms. The van der Waals surface area contributed by atoms with E-state index >= 15 is 0 Å². The normalized spacial score (nSPS) is 24.8. The number of hydrogen-bond donors (Lipinski definition) is 1. The van der Waals surface area contributed by atoms with E-state index in [4.69, 9.17) is 0 Å². The van der Waals surface area contributed by atoms with Gasteiger partial charge >= 0.3 is 12.2 Å². The zero-order chi connectivity index (χ0) is 24.7. The molecule has 0 radical (unpaired) electrons. The zero-order valence-corrected chi connectivity index (χ0v) is 19.9. The van der Waals surface area contributed by atoms with Crippen LogP contribution in [0.25, 0.3) is 0 Å². The van der Waals surface area contributed by atoms with E-state index in [1.54, 1.807) is 6.20 Å². The number of likely N-dealkylation sites (tertiary alicyclic amines) is 2. The number of aromatic nitrogens is 5. The maximum atomic E-state index is 13.1. The molecule has 3 saturated carbocycles. The SMILES string of the molecule is O=C(N1CC(c2cnc(NCC3(C(F)(F)F)CC3)cn2)C1)N1CC2(CC(n3cnc(C4CC4)n3)C2)C1. The third-order valence-corrected chi connectivity index (χ3v) is 8.81. The molecule has 5 fully saturated rings. The number of halogens is 3. The number of urea groups is 1. The van der Waals surface area contributed by atoms with Gasteiger partial charge in [-0.25, -0.2) is 19.4 Å². The van der Waals surface area contributed by atoms with Gasteiger partial charge in [-0.15, -0.1) is 0 Å². The number of amides is 2. The van der Waals surface area contributed by atoms with Crippen LogP contribution in [0, 0.1) is 10.8 Å². The number of hydrogen-bond acceptors (Lipinski definition) is 6. The molecule has 192 valence electrons. The molecule has 5 aliphatic rings. The molecule has 2 aromatic heterocycles. The second kappa shape index (κ2) is 7.55. The molecular formula is C24H29F3N8O. The highest BCUT2D eigenvalue weighted by atomic mass is 19.4. The molecular weight excluding hydrogens is 473 g/mol. The van der Waals surface area contributed by atoms with E-state index < -0.39 is 11.6 Å². The van der Waals surface area contributed by atoms with Gasteiger partial charge < -0.3 is 15.1 Å². The molecule has 2 amide bonds. The van der Waals surface area contributed by atoms with Gasteiger partial charge in [-0.3, -0.25) is 4.98 Å². The summed E-state index contributed by atoms with van der Waals surface area (Å²) in [6, 6.07) is 0.472. The Labute approximate surface area is 206 Å². The van der Waals surface area contributed by atoms with Crippen LogP contribution in [-0.2, 0) is 0 Å². The highest BCUT2D eigenvalue weighted by Gasteiger charge is 2.63. The van der Waals surface area contributed by atoms with Crippen molar-refractivity contribution in [3.8, 4) is 0 Å². The van der Waals surface area contributed by atoms with E-state index in [1.165, 1.54) is 19.0 Å². The number of nitrogens with zero attached hydrogens (tertiary/aromatic N) is 7. The van der Waals surface area contributed by atoms with Crippen molar-refractivity contribution in [2.24, 2.45) is 10.8 Å². The molecule has 3 aliphatic carbocycles. The minimum Gasteiger partial charge on any atom is -0.368 e. The molecule has 0 aromatic carbocycles. The van der Waals surface area contributed by atoms with E-state index in [2.05, 4.69) is 25.4 Å². The molecule has 2 aromatic rings. The van der Waals surface area contributed by atoms with Crippen molar-refractivity contribution < 1.29 is 18.0 Å². The Morgan fingerprint density at radius 2 is 1.78 bits per heavy atom. The molecule has 4 heterocycles. The van der Waals surface area contributed by atoms with Crippen LogP contribution >= 0.6 is 0 Å². The Kier molecular flexibility index (Phi) is 4.67. The number of nitrogens with one attached hydrogen (secondary N) is 1. The standard InChI is InChI=1S/C24H29F3N8O/c25-24(26,27)23(3-4-23)11-30-19-8-28-18(7-29-19)16-9-33(10-16)21(36)34-12-22(13-34)5-17(6-22)35-14-31-20(32-35)15-1-2-15/h7-8,14-17H,1-6,9-13H2,(H,29,30). The largest absolute Gasteiger partial charge is 0.396 e.